The lowest BCUT2D eigenvalue weighted by Crippen LogP contribution is -2.00. The Morgan fingerprint density at radius 3 is 2.26 bits per heavy atom. The summed E-state index contributed by atoms with van der Waals surface area (Å²) in [6, 6.07) is 6.23. The lowest BCUT2D eigenvalue weighted by atomic mass is 10.1. The van der Waals surface area contributed by atoms with Crippen LogP contribution in [-0.4, -0.2) is 4.98 Å². The molecule has 0 saturated carbocycles. The lowest BCUT2D eigenvalue weighted by molar-refractivity contribution is 0.301. The van der Waals surface area contributed by atoms with E-state index in [2.05, 4.69) is 23.2 Å². The van der Waals surface area contributed by atoms with Crippen molar-refractivity contribution in [1.82, 2.24) is 4.98 Å². The van der Waals surface area contributed by atoms with Gasteiger partial charge in [-0.15, -0.1) is 11.6 Å². The Labute approximate surface area is 119 Å². The number of aryl methyl sites for hydroxylation is 3. The van der Waals surface area contributed by atoms with Crippen LogP contribution in [0.4, 0.5) is 0 Å². The number of rotatable bonds is 4. The Hall–Kier alpha value is -1.54. The fourth-order valence-electron chi connectivity index (χ4n) is 2.20. The molecule has 0 saturated heterocycles. The number of benzene rings is 1. The Kier molecular flexibility index (Phi) is 4.43. The van der Waals surface area contributed by atoms with Crippen molar-refractivity contribution in [2.45, 2.75) is 33.3 Å². The highest BCUT2D eigenvalue weighted by molar-refractivity contribution is 6.17. The van der Waals surface area contributed by atoms with Gasteiger partial charge in [0.15, 0.2) is 0 Å². The maximum Gasteiger partial charge on any atom is 0.125 e. The van der Waals surface area contributed by atoms with Gasteiger partial charge >= 0.3 is 0 Å². The third kappa shape index (κ3) is 3.48. The number of halogens is 1. The summed E-state index contributed by atoms with van der Waals surface area (Å²) in [4.78, 5) is 4.17. The van der Waals surface area contributed by atoms with Crippen LogP contribution in [0.5, 0.6) is 5.75 Å². The van der Waals surface area contributed by atoms with E-state index < -0.39 is 0 Å². The zero-order valence-corrected chi connectivity index (χ0v) is 12.3. The zero-order chi connectivity index (χ0) is 13.8. The van der Waals surface area contributed by atoms with Crippen molar-refractivity contribution in [2.75, 3.05) is 0 Å². The summed E-state index contributed by atoms with van der Waals surface area (Å²) < 4.78 is 5.93. The molecule has 0 amide bonds. The van der Waals surface area contributed by atoms with Gasteiger partial charge in [0.25, 0.3) is 0 Å². The minimum Gasteiger partial charge on any atom is -0.488 e. The molecule has 0 N–H and O–H groups in total. The first kappa shape index (κ1) is 13.9. The first-order valence-corrected chi connectivity index (χ1v) is 6.83. The van der Waals surface area contributed by atoms with Gasteiger partial charge in [0.2, 0.25) is 0 Å². The molecule has 0 atom stereocenters. The van der Waals surface area contributed by atoms with Crippen LogP contribution >= 0.6 is 11.6 Å². The third-order valence-corrected chi connectivity index (χ3v) is 3.30. The summed E-state index contributed by atoms with van der Waals surface area (Å²) in [5, 5.41) is 0. The quantitative estimate of drug-likeness (QED) is 0.775. The molecule has 2 aromatic rings. The molecular weight excluding hydrogens is 258 g/mol. The van der Waals surface area contributed by atoms with Crippen LogP contribution in [0, 0.1) is 20.8 Å². The smallest absolute Gasteiger partial charge is 0.125 e. The first-order valence-electron chi connectivity index (χ1n) is 6.29. The molecule has 1 aromatic heterocycles. The Bertz CT molecular complexity index is 558. The van der Waals surface area contributed by atoms with E-state index in [1.165, 1.54) is 0 Å². The van der Waals surface area contributed by atoms with E-state index in [0.29, 0.717) is 12.5 Å². The Morgan fingerprint density at radius 2 is 1.68 bits per heavy atom. The summed E-state index contributed by atoms with van der Waals surface area (Å²) in [5.74, 6) is 1.47. The molecule has 0 aliphatic heterocycles. The van der Waals surface area contributed by atoms with Gasteiger partial charge in [0.05, 0.1) is 0 Å². The van der Waals surface area contributed by atoms with Crippen LogP contribution in [0.2, 0.25) is 0 Å². The van der Waals surface area contributed by atoms with Crippen molar-refractivity contribution in [2.24, 2.45) is 0 Å². The molecule has 0 radical (unpaired) electrons. The van der Waals surface area contributed by atoms with E-state index in [-0.39, 0.29) is 0 Å². The summed E-state index contributed by atoms with van der Waals surface area (Å²) in [6.45, 7) is 6.67. The number of alkyl halides is 1. The summed E-state index contributed by atoms with van der Waals surface area (Å²) in [7, 11) is 0. The van der Waals surface area contributed by atoms with Crippen LogP contribution in [0.1, 0.15) is 27.8 Å². The SMILES string of the molecule is Cc1cncc(COc2c(C)cc(CCl)cc2C)c1. The van der Waals surface area contributed by atoms with Crippen LogP contribution in [0.15, 0.2) is 30.6 Å². The molecule has 0 bridgehead atoms. The number of aromatic nitrogens is 1. The highest BCUT2D eigenvalue weighted by Crippen LogP contribution is 2.26. The molecular formula is C16H18ClNO. The van der Waals surface area contributed by atoms with Gasteiger partial charge in [-0.3, -0.25) is 4.98 Å². The van der Waals surface area contributed by atoms with Crippen molar-refractivity contribution in [3.05, 3.63) is 58.4 Å². The van der Waals surface area contributed by atoms with Crippen molar-refractivity contribution in [3.63, 3.8) is 0 Å². The largest absolute Gasteiger partial charge is 0.488 e. The summed E-state index contributed by atoms with van der Waals surface area (Å²) in [6.07, 6.45) is 3.68. The van der Waals surface area contributed by atoms with Gasteiger partial charge in [-0.25, -0.2) is 0 Å². The molecule has 2 rings (SSSR count). The predicted molar refractivity (Wildman–Crippen MR) is 78.8 cm³/mol. The fourth-order valence-corrected chi connectivity index (χ4v) is 2.35. The summed E-state index contributed by atoms with van der Waals surface area (Å²) in [5.41, 5.74) is 5.60. The predicted octanol–water partition coefficient (Wildman–Crippen LogP) is 4.32. The molecule has 19 heavy (non-hydrogen) atoms. The maximum absolute atomic E-state index is 5.93. The molecule has 1 heterocycles. The Morgan fingerprint density at radius 1 is 1.00 bits per heavy atom. The average Bonchev–Trinajstić information content (AvgIpc) is 2.37. The molecule has 100 valence electrons. The van der Waals surface area contributed by atoms with E-state index in [1.54, 1.807) is 0 Å². The maximum atomic E-state index is 5.93. The van der Waals surface area contributed by atoms with Gasteiger partial charge in [-0.2, -0.15) is 0 Å². The van der Waals surface area contributed by atoms with Gasteiger partial charge in [0, 0.05) is 23.8 Å². The molecule has 0 spiro atoms. The highest BCUT2D eigenvalue weighted by atomic mass is 35.5. The average molecular weight is 276 g/mol. The second-order valence-corrected chi connectivity index (χ2v) is 5.12. The molecule has 0 aliphatic carbocycles. The molecule has 0 unspecified atom stereocenters. The van der Waals surface area contributed by atoms with E-state index in [1.807, 2.05) is 33.2 Å². The van der Waals surface area contributed by atoms with Gasteiger partial charge < -0.3 is 4.74 Å². The van der Waals surface area contributed by atoms with Crippen molar-refractivity contribution in [1.29, 1.82) is 0 Å². The van der Waals surface area contributed by atoms with E-state index in [0.717, 1.165) is 33.6 Å². The fraction of sp³-hybridized carbons (Fsp3) is 0.312. The van der Waals surface area contributed by atoms with Crippen molar-refractivity contribution >= 4 is 11.6 Å². The van der Waals surface area contributed by atoms with Gasteiger partial charge in [0.1, 0.15) is 12.4 Å². The molecule has 2 nitrogen and oxygen atoms in total. The van der Waals surface area contributed by atoms with Crippen LogP contribution < -0.4 is 4.74 Å². The second kappa shape index (κ2) is 6.07. The third-order valence-electron chi connectivity index (χ3n) is 2.99. The number of ether oxygens (including phenoxy) is 1. The highest BCUT2D eigenvalue weighted by Gasteiger charge is 2.06. The number of hydrogen-bond acceptors (Lipinski definition) is 2. The minimum atomic E-state index is 0.532. The first-order chi connectivity index (χ1) is 9.10. The van der Waals surface area contributed by atoms with Gasteiger partial charge in [-0.1, -0.05) is 12.1 Å². The van der Waals surface area contributed by atoms with Gasteiger partial charge in [-0.05, 0) is 49.1 Å². The standard InChI is InChI=1S/C16H18ClNO/c1-11-4-15(9-18-8-11)10-19-16-12(2)5-14(7-17)6-13(16)3/h4-6,8-9H,7,10H2,1-3H3. The monoisotopic (exact) mass is 275 g/mol. The number of pyridine rings is 1. The number of nitrogens with zero attached hydrogens (tertiary/aromatic N) is 1. The van der Waals surface area contributed by atoms with E-state index in [4.69, 9.17) is 16.3 Å². The summed E-state index contributed by atoms with van der Waals surface area (Å²) >= 11 is 5.86. The van der Waals surface area contributed by atoms with Crippen LogP contribution in [0.25, 0.3) is 0 Å². The normalized spacial score (nSPS) is 10.5. The lowest BCUT2D eigenvalue weighted by Gasteiger charge is -2.13. The topological polar surface area (TPSA) is 22.1 Å². The van der Waals surface area contributed by atoms with Crippen LogP contribution in [0.3, 0.4) is 0 Å². The minimum absolute atomic E-state index is 0.532. The molecule has 0 fully saturated rings. The van der Waals surface area contributed by atoms with E-state index >= 15 is 0 Å². The van der Waals surface area contributed by atoms with Crippen molar-refractivity contribution < 1.29 is 4.74 Å². The van der Waals surface area contributed by atoms with Crippen LogP contribution in [-0.2, 0) is 12.5 Å². The zero-order valence-electron chi connectivity index (χ0n) is 11.5. The van der Waals surface area contributed by atoms with Crippen molar-refractivity contribution in [3.8, 4) is 5.75 Å². The number of hydrogen-bond donors (Lipinski definition) is 0. The molecule has 0 aliphatic rings. The Balaban J connectivity index is 2.16. The second-order valence-electron chi connectivity index (χ2n) is 4.85. The molecule has 3 heteroatoms. The molecule has 1 aromatic carbocycles. The van der Waals surface area contributed by atoms with E-state index in [9.17, 15) is 0 Å².